The highest BCUT2D eigenvalue weighted by Gasteiger charge is 2.43. The zero-order chi connectivity index (χ0) is 18.9. The summed E-state index contributed by atoms with van der Waals surface area (Å²) in [6, 6.07) is 5.54. The van der Waals surface area contributed by atoms with Crippen molar-refractivity contribution in [2.24, 2.45) is 0 Å². The van der Waals surface area contributed by atoms with E-state index in [4.69, 9.17) is 9.26 Å². The standard InChI is InChI=1S/C15H18FN3O6S/c1-26(22,23)17-7-11-14(21)13(20)10(24-11)6-12-18-15(19-25-12)8-2-4-9(16)5-3-8/h2-5,10-11,13-14,17,20-21H,6-7H2,1H3/t10-,11-,13-,14+/m0/s1. The fourth-order valence-electron chi connectivity index (χ4n) is 2.62. The molecule has 26 heavy (non-hydrogen) atoms. The van der Waals surface area contributed by atoms with E-state index < -0.39 is 34.4 Å². The summed E-state index contributed by atoms with van der Waals surface area (Å²) in [7, 11) is -3.45. The number of hydrogen-bond acceptors (Lipinski definition) is 8. The summed E-state index contributed by atoms with van der Waals surface area (Å²) >= 11 is 0. The average Bonchev–Trinajstić information content (AvgIpc) is 3.14. The number of ether oxygens (including phenoxy) is 1. The second-order valence-corrected chi connectivity index (χ2v) is 7.87. The molecule has 0 amide bonds. The molecular formula is C15H18FN3O6S. The molecule has 2 aromatic rings. The van der Waals surface area contributed by atoms with Crippen molar-refractivity contribution in [3.63, 3.8) is 0 Å². The molecule has 1 aromatic carbocycles. The smallest absolute Gasteiger partial charge is 0.229 e. The van der Waals surface area contributed by atoms with Gasteiger partial charge in [0.1, 0.15) is 24.1 Å². The minimum atomic E-state index is -3.45. The van der Waals surface area contributed by atoms with Gasteiger partial charge >= 0.3 is 0 Å². The number of aromatic nitrogens is 2. The van der Waals surface area contributed by atoms with Crippen molar-refractivity contribution in [2.45, 2.75) is 30.8 Å². The minimum absolute atomic E-state index is 0.0296. The molecule has 1 aromatic heterocycles. The van der Waals surface area contributed by atoms with Gasteiger partial charge in [0.05, 0.1) is 18.8 Å². The molecule has 0 radical (unpaired) electrons. The molecule has 1 aliphatic rings. The largest absolute Gasteiger partial charge is 0.388 e. The molecule has 142 valence electrons. The van der Waals surface area contributed by atoms with Gasteiger partial charge in [-0.15, -0.1) is 0 Å². The summed E-state index contributed by atoms with van der Waals surface area (Å²) in [6.45, 7) is -0.168. The molecule has 0 saturated carbocycles. The first-order valence-electron chi connectivity index (χ1n) is 7.77. The summed E-state index contributed by atoms with van der Waals surface area (Å²) in [5, 5.41) is 23.9. The third-order valence-corrected chi connectivity index (χ3v) is 4.65. The molecule has 11 heteroatoms. The molecule has 3 N–H and O–H groups in total. The van der Waals surface area contributed by atoms with Crippen LogP contribution < -0.4 is 4.72 Å². The Bertz CT molecular complexity index is 857. The van der Waals surface area contributed by atoms with Crippen molar-refractivity contribution < 1.29 is 32.3 Å². The number of halogens is 1. The molecule has 1 saturated heterocycles. The van der Waals surface area contributed by atoms with Gasteiger partial charge in [0.15, 0.2) is 0 Å². The number of sulfonamides is 1. The van der Waals surface area contributed by atoms with Gasteiger partial charge in [-0.1, -0.05) is 5.16 Å². The van der Waals surface area contributed by atoms with Crippen LogP contribution in [-0.2, 0) is 21.2 Å². The van der Waals surface area contributed by atoms with Crippen LogP contribution >= 0.6 is 0 Å². The number of aliphatic hydroxyl groups excluding tert-OH is 2. The minimum Gasteiger partial charge on any atom is -0.388 e. The Morgan fingerprint density at radius 1 is 1.19 bits per heavy atom. The third-order valence-electron chi connectivity index (χ3n) is 3.95. The van der Waals surface area contributed by atoms with Crippen molar-refractivity contribution >= 4 is 10.0 Å². The van der Waals surface area contributed by atoms with Crippen LogP contribution in [0.1, 0.15) is 5.89 Å². The molecule has 0 bridgehead atoms. The number of rotatable bonds is 6. The Labute approximate surface area is 148 Å². The van der Waals surface area contributed by atoms with Gasteiger partial charge < -0.3 is 19.5 Å². The predicted octanol–water partition coefficient (Wildman–Crippen LogP) is -0.543. The van der Waals surface area contributed by atoms with E-state index in [9.17, 15) is 23.0 Å². The first-order chi connectivity index (χ1) is 12.2. The van der Waals surface area contributed by atoms with Crippen LogP contribution in [-0.4, -0.2) is 66.0 Å². The summed E-state index contributed by atoms with van der Waals surface area (Å²) in [4.78, 5) is 4.16. The van der Waals surface area contributed by atoms with Crippen LogP contribution in [0.2, 0.25) is 0 Å². The molecular weight excluding hydrogens is 369 g/mol. The molecule has 1 fully saturated rings. The lowest BCUT2D eigenvalue weighted by Crippen LogP contribution is -2.39. The highest BCUT2D eigenvalue weighted by Crippen LogP contribution is 2.25. The molecule has 9 nitrogen and oxygen atoms in total. The van der Waals surface area contributed by atoms with Crippen molar-refractivity contribution in [1.82, 2.24) is 14.9 Å². The summed E-state index contributed by atoms with van der Waals surface area (Å²) in [5.74, 6) is 0.0308. The average molecular weight is 387 g/mol. The Morgan fingerprint density at radius 3 is 2.50 bits per heavy atom. The Balaban J connectivity index is 1.64. The second-order valence-electron chi connectivity index (χ2n) is 6.04. The van der Waals surface area contributed by atoms with Crippen molar-refractivity contribution in [3.05, 3.63) is 36.0 Å². The lowest BCUT2D eigenvalue weighted by atomic mass is 10.1. The number of hydrogen-bond donors (Lipinski definition) is 3. The SMILES string of the molecule is CS(=O)(=O)NC[C@@H]1O[C@@H](Cc2nc(-c3ccc(F)cc3)no2)[C@H](O)[C@@H]1O. The second kappa shape index (κ2) is 7.37. The Morgan fingerprint density at radius 2 is 1.85 bits per heavy atom. The van der Waals surface area contributed by atoms with Gasteiger partial charge in [0, 0.05) is 12.1 Å². The van der Waals surface area contributed by atoms with Gasteiger partial charge in [-0.25, -0.2) is 17.5 Å². The highest BCUT2D eigenvalue weighted by molar-refractivity contribution is 7.88. The summed E-state index contributed by atoms with van der Waals surface area (Å²) in [5.41, 5.74) is 0.560. The van der Waals surface area contributed by atoms with E-state index in [0.717, 1.165) is 6.26 Å². The van der Waals surface area contributed by atoms with E-state index in [2.05, 4.69) is 14.9 Å². The quantitative estimate of drug-likeness (QED) is 0.601. The lowest BCUT2D eigenvalue weighted by molar-refractivity contribution is 0.00790. The van der Waals surface area contributed by atoms with Crippen molar-refractivity contribution in [3.8, 4) is 11.4 Å². The molecule has 0 aliphatic carbocycles. The maximum atomic E-state index is 13.0. The number of aliphatic hydroxyl groups is 2. The van der Waals surface area contributed by atoms with E-state index in [0.29, 0.717) is 5.56 Å². The zero-order valence-electron chi connectivity index (χ0n) is 13.7. The van der Waals surface area contributed by atoms with Crippen molar-refractivity contribution in [2.75, 3.05) is 12.8 Å². The fourth-order valence-corrected chi connectivity index (χ4v) is 3.09. The molecule has 3 rings (SSSR count). The van der Waals surface area contributed by atoms with E-state index in [-0.39, 0.29) is 30.5 Å². The van der Waals surface area contributed by atoms with Crippen molar-refractivity contribution in [1.29, 1.82) is 0 Å². The van der Waals surface area contributed by atoms with E-state index in [1.54, 1.807) is 0 Å². The third kappa shape index (κ3) is 4.43. The number of benzene rings is 1. The molecule has 4 atom stereocenters. The van der Waals surface area contributed by atoms with Crippen LogP contribution in [0.25, 0.3) is 11.4 Å². The first-order valence-corrected chi connectivity index (χ1v) is 9.67. The van der Waals surface area contributed by atoms with Crippen LogP contribution in [0.3, 0.4) is 0 Å². The van der Waals surface area contributed by atoms with Gasteiger partial charge in [-0.05, 0) is 24.3 Å². The maximum Gasteiger partial charge on any atom is 0.229 e. The molecule has 0 unspecified atom stereocenters. The normalized spacial score (nSPS) is 26.3. The Hall–Kier alpha value is -1.92. The number of nitrogens with one attached hydrogen (secondary N) is 1. The van der Waals surface area contributed by atoms with E-state index >= 15 is 0 Å². The lowest BCUT2D eigenvalue weighted by Gasteiger charge is -2.14. The maximum absolute atomic E-state index is 13.0. The molecule has 1 aliphatic heterocycles. The van der Waals surface area contributed by atoms with Gasteiger partial charge in [0.2, 0.25) is 21.7 Å². The van der Waals surface area contributed by atoms with Gasteiger partial charge in [0.25, 0.3) is 0 Å². The van der Waals surface area contributed by atoms with Crippen LogP contribution in [0.4, 0.5) is 4.39 Å². The highest BCUT2D eigenvalue weighted by atomic mass is 32.2. The van der Waals surface area contributed by atoms with Crippen LogP contribution in [0, 0.1) is 5.82 Å². The first kappa shape index (κ1) is 18.9. The van der Waals surface area contributed by atoms with Gasteiger partial charge in [-0.3, -0.25) is 0 Å². The zero-order valence-corrected chi connectivity index (χ0v) is 14.6. The molecule has 0 spiro atoms. The van der Waals surface area contributed by atoms with E-state index in [1.165, 1.54) is 24.3 Å². The van der Waals surface area contributed by atoms with Crippen LogP contribution in [0.15, 0.2) is 28.8 Å². The fraction of sp³-hybridized carbons (Fsp3) is 0.467. The summed E-state index contributed by atoms with van der Waals surface area (Å²) < 4.78 is 48.1. The van der Waals surface area contributed by atoms with E-state index in [1.807, 2.05) is 0 Å². The summed E-state index contributed by atoms with van der Waals surface area (Å²) in [6.07, 6.45) is -3.21. The molecule has 2 heterocycles. The van der Waals surface area contributed by atoms with Crippen LogP contribution in [0.5, 0.6) is 0 Å². The predicted molar refractivity (Wildman–Crippen MR) is 86.9 cm³/mol. The van der Waals surface area contributed by atoms with Gasteiger partial charge in [-0.2, -0.15) is 4.98 Å². The monoisotopic (exact) mass is 387 g/mol. The number of nitrogens with zero attached hydrogens (tertiary/aromatic N) is 2. The topological polar surface area (TPSA) is 135 Å². The Kier molecular flexibility index (Phi) is 5.34.